The van der Waals surface area contributed by atoms with Crippen molar-refractivity contribution >= 4 is 10.4 Å². The minimum Gasteiger partial charge on any atom is -0.759 e. The first-order valence-corrected chi connectivity index (χ1v) is 9.41. The van der Waals surface area contributed by atoms with Crippen molar-refractivity contribution in [3.63, 3.8) is 0 Å². The molecule has 0 aliphatic heterocycles. The van der Waals surface area contributed by atoms with Crippen LogP contribution in [0.3, 0.4) is 0 Å². The fraction of sp³-hybridized carbons (Fsp3) is 1.00. The third-order valence-corrected chi connectivity index (χ3v) is 3.21. The third kappa shape index (κ3) is 49.5. The van der Waals surface area contributed by atoms with Gasteiger partial charge >= 0.3 is 59.1 Å². The molecule has 0 rings (SSSR count). The Morgan fingerprint density at radius 3 is 0.818 bits per heavy atom. The fourth-order valence-electron chi connectivity index (χ4n) is 2.09. The Morgan fingerprint density at radius 2 is 0.682 bits per heavy atom. The molecule has 4 nitrogen and oxygen atoms in total. The van der Waals surface area contributed by atoms with Crippen LogP contribution < -0.4 is 59.1 Å². The first kappa shape index (κ1) is 31.6. The Morgan fingerprint density at radius 1 is 0.545 bits per heavy atom. The molecule has 0 amide bonds. The van der Waals surface area contributed by atoms with Gasteiger partial charge in [0.05, 0.1) is 0 Å². The second-order valence-electron chi connectivity index (χ2n) is 5.30. The minimum atomic E-state index is -5.17. The summed E-state index contributed by atoms with van der Waals surface area (Å²) in [6, 6.07) is 0. The number of rotatable bonds is 12. The molecule has 7 heteroatoms. The second-order valence-corrected chi connectivity index (χ2v) is 6.11. The maximum absolute atomic E-state index is 8.52. The zero-order valence-electron chi connectivity index (χ0n) is 15.2. The number of unbranched alkanes of at least 4 members (excludes halogenated alkanes) is 12. The standard InChI is InChI=1S/C15H32.2Na.H2O4S/c1-3-5-7-9-11-13-15-14-12-10-8-6-4-2;;;1-5(2,3)4/h3-15H2,1-2H3;;;(H2,1,2,3,4)/q;2*+1;/p-2. The van der Waals surface area contributed by atoms with Crippen molar-refractivity contribution in [2.24, 2.45) is 0 Å². The molecular weight excluding hydrogens is 322 g/mol. The van der Waals surface area contributed by atoms with Crippen molar-refractivity contribution in [3.8, 4) is 0 Å². The molecule has 0 saturated carbocycles. The van der Waals surface area contributed by atoms with E-state index in [0.717, 1.165) is 0 Å². The van der Waals surface area contributed by atoms with Gasteiger partial charge in [-0.05, 0) is 0 Å². The summed E-state index contributed by atoms with van der Waals surface area (Å²) in [6.07, 6.45) is 18.9. The molecule has 0 bridgehead atoms. The van der Waals surface area contributed by atoms with E-state index in [2.05, 4.69) is 13.8 Å². The van der Waals surface area contributed by atoms with Gasteiger partial charge in [0.1, 0.15) is 0 Å². The molecular formula is C15H32Na2O4S. The maximum atomic E-state index is 8.52. The molecule has 0 aromatic rings. The fourth-order valence-corrected chi connectivity index (χ4v) is 2.09. The van der Waals surface area contributed by atoms with Crippen LogP contribution in [0.15, 0.2) is 0 Å². The van der Waals surface area contributed by atoms with Crippen LogP contribution in [0.2, 0.25) is 0 Å². The average Bonchev–Trinajstić information content (AvgIpc) is 2.34. The van der Waals surface area contributed by atoms with Crippen LogP contribution in [-0.4, -0.2) is 17.5 Å². The quantitative estimate of drug-likeness (QED) is 0.190. The number of hydrogen-bond donors (Lipinski definition) is 0. The van der Waals surface area contributed by atoms with Gasteiger partial charge in [-0.25, -0.2) is 0 Å². The summed E-state index contributed by atoms with van der Waals surface area (Å²) in [7, 11) is -5.17. The van der Waals surface area contributed by atoms with Gasteiger partial charge in [-0.15, -0.1) is 0 Å². The van der Waals surface area contributed by atoms with Crippen LogP contribution in [0.1, 0.15) is 97.3 Å². The topological polar surface area (TPSA) is 80.3 Å². The molecule has 0 spiro atoms. The van der Waals surface area contributed by atoms with Gasteiger partial charge in [0.2, 0.25) is 0 Å². The molecule has 0 aromatic heterocycles. The van der Waals surface area contributed by atoms with Gasteiger partial charge in [-0.1, -0.05) is 97.3 Å². The summed E-state index contributed by atoms with van der Waals surface area (Å²) in [5.74, 6) is 0. The van der Waals surface area contributed by atoms with Crippen LogP contribution in [0, 0.1) is 0 Å². The van der Waals surface area contributed by atoms with Crippen LogP contribution >= 0.6 is 0 Å². The molecule has 0 aliphatic rings. The second kappa shape index (κ2) is 25.1. The van der Waals surface area contributed by atoms with E-state index in [9.17, 15) is 0 Å². The summed E-state index contributed by atoms with van der Waals surface area (Å²) < 4.78 is 34.1. The van der Waals surface area contributed by atoms with Gasteiger partial charge in [0.25, 0.3) is 0 Å². The Bertz CT molecular complexity index is 253. The van der Waals surface area contributed by atoms with Gasteiger partial charge < -0.3 is 9.11 Å². The normalized spacial score (nSPS) is 10.0. The van der Waals surface area contributed by atoms with Crippen molar-refractivity contribution in [1.29, 1.82) is 0 Å². The first-order chi connectivity index (χ1) is 9.41. The van der Waals surface area contributed by atoms with Crippen molar-refractivity contribution in [3.05, 3.63) is 0 Å². The summed E-state index contributed by atoms with van der Waals surface area (Å²) in [5.41, 5.74) is 0. The molecule has 0 heterocycles. The molecule has 0 fully saturated rings. The molecule has 0 saturated heterocycles. The minimum absolute atomic E-state index is 0. The van der Waals surface area contributed by atoms with Crippen molar-refractivity contribution < 1.29 is 76.6 Å². The molecule has 0 atom stereocenters. The van der Waals surface area contributed by atoms with Gasteiger partial charge in [-0.2, -0.15) is 0 Å². The molecule has 22 heavy (non-hydrogen) atoms. The van der Waals surface area contributed by atoms with Crippen LogP contribution in [0.4, 0.5) is 0 Å². The molecule has 0 aliphatic carbocycles. The van der Waals surface area contributed by atoms with Gasteiger partial charge in [-0.3, -0.25) is 8.42 Å². The predicted octanol–water partition coefficient (Wildman–Crippen LogP) is -1.23. The zero-order chi connectivity index (χ0) is 15.7. The van der Waals surface area contributed by atoms with Crippen LogP contribution in [0.25, 0.3) is 0 Å². The zero-order valence-corrected chi connectivity index (χ0v) is 20.1. The molecule has 0 aromatic carbocycles. The van der Waals surface area contributed by atoms with Crippen molar-refractivity contribution in [2.45, 2.75) is 97.3 Å². The van der Waals surface area contributed by atoms with E-state index in [1.807, 2.05) is 0 Å². The molecule has 0 N–H and O–H groups in total. The SMILES string of the molecule is CCCCCCCCCCCCCCC.O=S(=O)([O-])[O-].[Na+].[Na+]. The summed E-state index contributed by atoms with van der Waals surface area (Å²) >= 11 is 0. The Balaban J connectivity index is -0.000000201. The average molecular weight is 354 g/mol. The van der Waals surface area contributed by atoms with E-state index < -0.39 is 10.4 Å². The van der Waals surface area contributed by atoms with Gasteiger partial charge in [0, 0.05) is 10.4 Å². The third-order valence-electron chi connectivity index (χ3n) is 3.21. The molecule has 0 unspecified atom stereocenters. The smallest absolute Gasteiger partial charge is 0.759 e. The summed E-state index contributed by atoms with van der Waals surface area (Å²) in [6.45, 7) is 4.58. The van der Waals surface area contributed by atoms with E-state index in [1.165, 1.54) is 83.5 Å². The Kier molecular flexibility index (Phi) is 36.1. The molecule has 124 valence electrons. The van der Waals surface area contributed by atoms with Gasteiger partial charge in [0.15, 0.2) is 0 Å². The van der Waals surface area contributed by atoms with E-state index in [4.69, 9.17) is 17.5 Å². The predicted molar refractivity (Wildman–Crippen MR) is 81.8 cm³/mol. The van der Waals surface area contributed by atoms with E-state index in [-0.39, 0.29) is 59.1 Å². The van der Waals surface area contributed by atoms with Crippen LogP contribution in [0.5, 0.6) is 0 Å². The summed E-state index contributed by atoms with van der Waals surface area (Å²) in [5, 5.41) is 0. The summed E-state index contributed by atoms with van der Waals surface area (Å²) in [4.78, 5) is 0. The Labute approximate surface area is 182 Å². The number of hydrogen-bond acceptors (Lipinski definition) is 4. The van der Waals surface area contributed by atoms with E-state index in [1.54, 1.807) is 0 Å². The molecule has 0 radical (unpaired) electrons. The van der Waals surface area contributed by atoms with E-state index in [0.29, 0.717) is 0 Å². The monoisotopic (exact) mass is 354 g/mol. The van der Waals surface area contributed by atoms with Crippen molar-refractivity contribution in [2.75, 3.05) is 0 Å². The largest absolute Gasteiger partial charge is 1.00 e. The van der Waals surface area contributed by atoms with Crippen molar-refractivity contribution in [1.82, 2.24) is 0 Å². The maximum Gasteiger partial charge on any atom is 1.00 e. The first-order valence-electron chi connectivity index (χ1n) is 8.08. The van der Waals surface area contributed by atoms with E-state index >= 15 is 0 Å². The Hall–Kier alpha value is 1.87. The van der Waals surface area contributed by atoms with Crippen LogP contribution in [-0.2, 0) is 10.4 Å².